The van der Waals surface area contributed by atoms with Gasteiger partial charge in [0, 0.05) is 0 Å². The average Bonchev–Trinajstić information content (AvgIpc) is 3.07. The highest BCUT2D eigenvalue weighted by molar-refractivity contribution is 6.09. The standard InChI is InChI=1S/C42H28/c1-3-13-31(14-4-1)39-25-37(35-21-19-29-11-7-9-17-33(29)23-35)28-42-40(32-15-5-2-6-16-32)26-38(27-41(39)42)36-22-20-30-12-8-10-18-34(30)24-36/h1-28H. The molecular weight excluding hydrogens is 504 g/mol. The smallest absolute Gasteiger partial charge is 0.00926 e. The molecule has 0 radical (unpaired) electrons. The molecule has 0 saturated heterocycles. The molecule has 196 valence electrons. The van der Waals surface area contributed by atoms with Crippen LogP contribution in [0.1, 0.15) is 0 Å². The maximum atomic E-state index is 2.39. The summed E-state index contributed by atoms with van der Waals surface area (Å²) in [5.74, 6) is 0. The summed E-state index contributed by atoms with van der Waals surface area (Å²) in [6, 6.07) is 61.9. The Morgan fingerprint density at radius 2 is 0.595 bits per heavy atom. The zero-order chi connectivity index (χ0) is 27.9. The molecule has 0 heteroatoms. The molecule has 0 aliphatic rings. The Bertz CT molecular complexity index is 2060. The topological polar surface area (TPSA) is 0 Å². The molecule has 0 unspecified atom stereocenters. The SMILES string of the molecule is c1ccc(-c2cc(-c3ccc4ccccc4c3)cc3c(-c4ccccc4)cc(-c4ccc5ccccc5c4)cc23)cc1. The van der Waals surface area contributed by atoms with Crippen LogP contribution in [0.5, 0.6) is 0 Å². The second kappa shape index (κ2) is 10.2. The van der Waals surface area contributed by atoms with E-state index in [9.17, 15) is 0 Å². The lowest BCUT2D eigenvalue weighted by atomic mass is 9.86. The van der Waals surface area contributed by atoms with Crippen molar-refractivity contribution in [2.24, 2.45) is 0 Å². The molecule has 0 nitrogen and oxygen atoms in total. The summed E-state index contributed by atoms with van der Waals surface area (Å²) in [5, 5.41) is 7.55. The molecule has 0 N–H and O–H groups in total. The van der Waals surface area contributed by atoms with Gasteiger partial charge in [0.15, 0.2) is 0 Å². The van der Waals surface area contributed by atoms with E-state index in [1.807, 2.05) is 0 Å². The summed E-state index contributed by atoms with van der Waals surface area (Å²) in [4.78, 5) is 0. The van der Waals surface area contributed by atoms with Crippen LogP contribution in [0.3, 0.4) is 0 Å². The molecule has 0 amide bonds. The van der Waals surface area contributed by atoms with E-state index in [0.717, 1.165) is 0 Å². The fourth-order valence-corrected chi connectivity index (χ4v) is 6.25. The lowest BCUT2D eigenvalue weighted by Gasteiger charge is -2.17. The molecule has 8 rings (SSSR count). The third-order valence-electron chi connectivity index (χ3n) is 8.41. The Hall–Kier alpha value is -5.46. The monoisotopic (exact) mass is 532 g/mol. The van der Waals surface area contributed by atoms with Crippen molar-refractivity contribution in [1.29, 1.82) is 0 Å². The molecule has 0 heterocycles. The van der Waals surface area contributed by atoms with Crippen LogP contribution < -0.4 is 0 Å². The van der Waals surface area contributed by atoms with Gasteiger partial charge in [0.25, 0.3) is 0 Å². The van der Waals surface area contributed by atoms with Gasteiger partial charge < -0.3 is 0 Å². The minimum Gasteiger partial charge on any atom is -0.0622 e. The Morgan fingerprint density at radius 1 is 0.214 bits per heavy atom. The van der Waals surface area contributed by atoms with Crippen molar-refractivity contribution >= 4 is 32.3 Å². The molecule has 0 aliphatic carbocycles. The first-order valence-corrected chi connectivity index (χ1v) is 14.5. The van der Waals surface area contributed by atoms with Crippen molar-refractivity contribution < 1.29 is 0 Å². The highest BCUT2D eigenvalue weighted by Gasteiger charge is 2.15. The molecule has 0 bridgehead atoms. The molecule has 0 aromatic heterocycles. The molecule has 8 aromatic carbocycles. The number of hydrogen-bond donors (Lipinski definition) is 0. The lowest BCUT2D eigenvalue weighted by Crippen LogP contribution is -1.91. The summed E-state index contributed by atoms with van der Waals surface area (Å²) in [7, 11) is 0. The molecule has 8 aromatic rings. The van der Waals surface area contributed by atoms with Crippen LogP contribution in [0.2, 0.25) is 0 Å². The number of rotatable bonds is 4. The highest BCUT2D eigenvalue weighted by atomic mass is 14.2. The van der Waals surface area contributed by atoms with Crippen LogP contribution in [0.25, 0.3) is 76.8 Å². The van der Waals surface area contributed by atoms with Crippen molar-refractivity contribution in [3.63, 3.8) is 0 Å². The fraction of sp³-hybridized carbons (Fsp3) is 0. The summed E-state index contributed by atoms with van der Waals surface area (Å²) in [6.07, 6.45) is 0. The maximum Gasteiger partial charge on any atom is -0.00926 e. The first-order valence-electron chi connectivity index (χ1n) is 14.5. The van der Waals surface area contributed by atoms with Gasteiger partial charge in [-0.05, 0) is 113 Å². The zero-order valence-corrected chi connectivity index (χ0v) is 23.2. The molecule has 0 fully saturated rings. The molecule has 0 saturated carbocycles. The highest BCUT2D eigenvalue weighted by Crippen LogP contribution is 2.42. The van der Waals surface area contributed by atoms with Gasteiger partial charge >= 0.3 is 0 Å². The van der Waals surface area contributed by atoms with Gasteiger partial charge in [-0.2, -0.15) is 0 Å². The van der Waals surface area contributed by atoms with E-state index >= 15 is 0 Å². The Morgan fingerprint density at radius 3 is 1.02 bits per heavy atom. The van der Waals surface area contributed by atoms with Gasteiger partial charge in [-0.1, -0.05) is 133 Å². The lowest BCUT2D eigenvalue weighted by molar-refractivity contribution is 1.60. The molecule has 42 heavy (non-hydrogen) atoms. The van der Waals surface area contributed by atoms with Crippen molar-refractivity contribution in [3.8, 4) is 44.5 Å². The molecule has 0 atom stereocenters. The zero-order valence-electron chi connectivity index (χ0n) is 23.2. The summed E-state index contributed by atoms with van der Waals surface area (Å²) in [6.45, 7) is 0. The second-order valence-corrected chi connectivity index (χ2v) is 11.0. The van der Waals surface area contributed by atoms with E-state index in [4.69, 9.17) is 0 Å². The van der Waals surface area contributed by atoms with E-state index in [2.05, 4.69) is 170 Å². The van der Waals surface area contributed by atoms with E-state index in [1.165, 1.54) is 76.8 Å². The summed E-state index contributed by atoms with van der Waals surface area (Å²) in [5.41, 5.74) is 9.84. The van der Waals surface area contributed by atoms with Crippen molar-refractivity contribution in [2.75, 3.05) is 0 Å². The number of benzene rings is 8. The van der Waals surface area contributed by atoms with Crippen LogP contribution in [-0.2, 0) is 0 Å². The van der Waals surface area contributed by atoms with Crippen LogP contribution in [0, 0.1) is 0 Å². The van der Waals surface area contributed by atoms with Crippen molar-refractivity contribution in [3.05, 3.63) is 170 Å². The van der Waals surface area contributed by atoms with Gasteiger partial charge in [-0.15, -0.1) is 0 Å². The minimum absolute atomic E-state index is 1.22. The van der Waals surface area contributed by atoms with Crippen LogP contribution in [0.4, 0.5) is 0 Å². The van der Waals surface area contributed by atoms with Gasteiger partial charge in [-0.3, -0.25) is 0 Å². The van der Waals surface area contributed by atoms with Gasteiger partial charge in [0.1, 0.15) is 0 Å². The Kier molecular flexibility index (Phi) is 5.90. The Labute approximate surface area is 246 Å². The van der Waals surface area contributed by atoms with Gasteiger partial charge in [0.2, 0.25) is 0 Å². The third-order valence-corrected chi connectivity index (χ3v) is 8.41. The van der Waals surface area contributed by atoms with E-state index in [-0.39, 0.29) is 0 Å². The largest absolute Gasteiger partial charge is 0.0622 e. The quantitative estimate of drug-likeness (QED) is 0.211. The van der Waals surface area contributed by atoms with E-state index < -0.39 is 0 Å². The van der Waals surface area contributed by atoms with Gasteiger partial charge in [-0.25, -0.2) is 0 Å². The predicted octanol–water partition coefficient (Wildman–Crippen LogP) is 11.8. The normalized spacial score (nSPS) is 11.3. The summed E-state index contributed by atoms with van der Waals surface area (Å²) >= 11 is 0. The average molecular weight is 533 g/mol. The second-order valence-electron chi connectivity index (χ2n) is 11.0. The first kappa shape index (κ1) is 24.3. The predicted molar refractivity (Wildman–Crippen MR) is 181 cm³/mol. The van der Waals surface area contributed by atoms with Crippen LogP contribution >= 0.6 is 0 Å². The number of hydrogen-bond acceptors (Lipinski definition) is 0. The molecular formula is C42H28. The minimum atomic E-state index is 1.22. The van der Waals surface area contributed by atoms with Crippen LogP contribution in [-0.4, -0.2) is 0 Å². The summed E-state index contributed by atoms with van der Waals surface area (Å²) < 4.78 is 0. The maximum absolute atomic E-state index is 2.39. The van der Waals surface area contributed by atoms with Crippen molar-refractivity contribution in [2.45, 2.75) is 0 Å². The number of fused-ring (bicyclic) bond motifs is 3. The van der Waals surface area contributed by atoms with Crippen LogP contribution in [0.15, 0.2) is 170 Å². The van der Waals surface area contributed by atoms with E-state index in [0.29, 0.717) is 0 Å². The molecule has 0 spiro atoms. The first-order chi connectivity index (χ1) is 20.8. The van der Waals surface area contributed by atoms with E-state index in [1.54, 1.807) is 0 Å². The van der Waals surface area contributed by atoms with Gasteiger partial charge in [0.05, 0.1) is 0 Å². The van der Waals surface area contributed by atoms with Crippen molar-refractivity contribution in [1.82, 2.24) is 0 Å². The molecule has 0 aliphatic heterocycles. The Balaban J connectivity index is 1.45. The fourth-order valence-electron chi connectivity index (χ4n) is 6.25. The third kappa shape index (κ3) is 4.35.